The Kier molecular flexibility index (Phi) is 11.5. The van der Waals surface area contributed by atoms with Gasteiger partial charge in [0, 0.05) is 12.2 Å². The van der Waals surface area contributed by atoms with Crippen LogP contribution in [-0.2, 0) is 14.4 Å². The van der Waals surface area contributed by atoms with Gasteiger partial charge in [-0.1, -0.05) is 26.7 Å². The zero-order chi connectivity index (χ0) is 17.8. The van der Waals surface area contributed by atoms with Gasteiger partial charge in [0.2, 0.25) is 11.8 Å². The van der Waals surface area contributed by atoms with Crippen molar-refractivity contribution in [2.24, 2.45) is 11.7 Å². The molecule has 0 saturated carbocycles. The molecule has 3 atom stereocenters. The average molecular weight is 347 g/mol. The molecular formula is C15H29N3O4S. The lowest BCUT2D eigenvalue weighted by Crippen LogP contribution is -2.54. The van der Waals surface area contributed by atoms with Crippen LogP contribution in [0, 0.1) is 5.92 Å². The highest BCUT2D eigenvalue weighted by Gasteiger charge is 2.29. The Balaban J connectivity index is 4.65. The number of carbonyl (C=O) groups excluding carboxylic acids is 2. The molecular weight excluding hydrogens is 318 g/mol. The number of hydrogen-bond donors (Lipinski definition) is 5. The summed E-state index contributed by atoms with van der Waals surface area (Å²) in [4.78, 5) is 35.3. The van der Waals surface area contributed by atoms with Gasteiger partial charge < -0.3 is 21.5 Å². The first kappa shape index (κ1) is 21.7. The lowest BCUT2D eigenvalue weighted by atomic mass is 9.97. The van der Waals surface area contributed by atoms with Crippen molar-refractivity contribution < 1.29 is 19.5 Å². The Morgan fingerprint density at radius 3 is 2.30 bits per heavy atom. The summed E-state index contributed by atoms with van der Waals surface area (Å²) in [5.74, 6) is -1.96. The second kappa shape index (κ2) is 12.2. The van der Waals surface area contributed by atoms with Crippen molar-refractivity contribution in [2.75, 3.05) is 12.3 Å². The molecule has 0 aromatic heterocycles. The number of thiol groups is 1. The second-order valence-corrected chi connectivity index (χ2v) is 5.98. The molecule has 0 aliphatic carbocycles. The van der Waals surface area contributed by atoms with Gasteiger partial charge in [0.1, 0.15) is 12.1 Å². The van der Waals surface area contributed by atoms with Gasteiger partial charge >= 0.3 is 5.97 Å². The number of rotatable bonds is 12. The van der Waals surface area contributed by atoms with Gasteiger partial charge in [-0.15, -0.1) is 0 Å². The van der Waals surface area contributed by atoms with Gasteiger partial charge in [0.25, 0.3) is 0 Å². The maximum Gasteiger partial charge on any atom is 0.327 e. The summed E-state index contributed by atoms with van der Waals surface area (Å²) in [6.07, 6.45) is 3.46. The molecule has 7 nitrogen and oxygen atoms in total. The van der Waals surface area contributed by atoms with Crippen LogP contribution >= 0.6 is 12.6 Å². The molecule has 0 fully saturated rings. The lowest BCUT2D eigenvalue weighted by Gasteiger charge is -2.25. The van der Waals surface area contributed by atoms with E-state index < -0.39 is 24.0 Å². The van der Waals surface area contributed by atoms with Crippen LogP contribution in [0.1, 0.15) is 46.0 Å². The molecule has 0 radical (unpaired) electrons. The molecule has 8 heteroatoms. The zero-order valence-corrected chi connectivity index (χ0v) is 14.8. The molecule has 0 spiro atoms. The van der Waals surface area contributed by atoms with Crippen molar-refractivity contribution in [2.45, 2.75) is 58.0 Å². The van der Waals surface area contributed by atoms with Gasteiger partial charge in [-0.3, -0.25) is 9.59 Å². The summed E-state index contributed by atoms with van der Waals surface area (Å²) < 4.78 is 0. The molecule has 0 heterocycles. The van der Waals surface area contributed by atoms with Crippen LogP contribution in [0.25, 0.3) is 0 Å². The monoisotopic (exact) mass is 347 g/mol. The molecule has 23 heavy (non-hydrogen) atoms. The predicted octanol–water partition coefficient (Wildman–Crippen LogP) is 0.536. The van der Waals surface area contributed by atoms with E-state index in [0.717, 1.165) is 12.8 Å². The largest absolute Gasteiger partial charge is 0.480 e. The molecule has 0 unspecified atom stereocenters. The number of unbranched alkanes of at least 4 members (excludes halogenated alkanes) is 2. The number of carbonyl (C=O) groups is 3. The standard InChI is InChI=1S/C15H29N3O4S/c1-3-10(2)13(14(20)17-11(9-23)15(21)22)18-12(19)7-5-4-6-8-16/h10-11,13,23H,3-9,16H2,1-2H3,(H,17,20)(H,18,19)(H,21,22)/t10-,11-,13-/m0/s1. The molecule has 0 aliphatic heterocycles. The number of hydrogen-bond acceptors (Lipinski definition) is 5. The summed E-state index contributed by atoms with van der Waals surface area (Å²) in [7, 11) is 0. The van der Waals surface area contributed by atoms with E-state index in [1.807, 2.05) is 13.8 Å². The maximum absolute atomic E-state index is 12.3. The van der Waals surface area contributed by atoms with Gasteiger partial charge in [-0.25, -0.2) is 4.79 Å². The van der Waals surface area contributed by atoms with Crippen molar-refractivity contribution in [1.82, 2.24) is 10.6 Å². The van der Waals surface area contributed by atoms with Crippen LogP contribution in [0.4, 0.5) is 0 Å². The quantitative estimate of drug-likeness (QED) is 0.260. The number of carboxylic acids is 1. The smallest absolute Gasteiger partial charge is 0.327 e. The molecule has 2 amide bonds. The highest BCUT2D eigenvalue weighted by molar-refractivity contribution is 7.80. The Hall–Kier alpha value is -1.28. The van der Waals surface area contributed by atoms with Crippen LogP contribution in [-0.4, -0.2) is 47.3 Å². The molecule has 0 aromatic rings. The highest BCUT2D eigenvalue weighted by Crippen LogP contribution is 2.10. The molecule has 5 N–H and O–H groups in total. The molecule has 0 saturated heterocycles. The SMILES string of the molecule is CC[C@H](C)[C@H](NC(=O)CCCCCN)C(=O)N[C@@H](CS)C(=O)O. The van der Waals surface area contributed by atoms with Crippen LogP contribution in [0.3, 0.4) is 0 Å². The molecule has 0 aromatic carbocycles. The third kappa shape index (κ3) is 8.80. The molecule has 0 aliphatic rings. The van der Waals surface area contributed by atoms with E-state index in [1.165, 1.54) is 0 Å². The maximum atomic E-state index is 12.3. The van der Waals surface area contributed by atoms with Crippen LogP contribution in [0.15, 0.2) is 0 Å². The van der Waals surface area contributed by atoms with E-state index >= 15 is 0 Å². The Morgan fingerprint density at radius 1 is 1.17 bits per heavy atom. The van der Waals surface area contributed by atoms with Crippen molar-refractivity contribution in [3.8, 4) is 0 Å². The van der Waals surface area contributed by atoms with Gasteiger partial charge in [-0.2, -0.15) is 12.6 Å². The first-order chi connectivity index (χ1) is 10.9. The third-order valence-electron chi connectivity index (χ3n) is 3.72. The fourth-order valence-electron chi connectivity index (χ4n) is 2.00. The Bertz CT molecular complexity index is 393. The zero-order valence-electron chi connectivity index (χ0n) is 13.9. The average Bonchev–Trinajstić information content (AvgIpc) is 2.53. The normalized spacial score (nSPS) is 14.6. The van der Waals surface area contributed by atoms with Crippen LogP contribution in [0.2, 0.25) is 0 Å². The fraction of sp³-hybridized carbons (Fsp3) is 0.800. The van der Waals surface area contributed by atoms with Gasteiger partial charge in [0.05, 0.1) is 0 Å². The minimum Gasteiger partial charge on any atom is -0.480 e. The first-order valence-electron chi connectivity index (χ1n) is 8.00. The summed E-state index contributed by atoms with van der Waals surface area (Å²) >= 11 is 3.92. The second-order valence-electron chi connectivity index (χ2n) is 5.61. The molecule has 0 bridgehead atoms. The molecule has 134 valence electrons. The number of carboxylic acid groups (broad SMARTS) is 1. The van der Waals surface area contributed by atoms with E-state index in [9.17, 15) is 14.4 Å². The summed E-state index contributed by atoms with van der Waals surface area (Å²) in [5.41, 5.74) is 5.40. The summed E-state index contributed by atoms with van der Waals surface area (Å²) in [6.45, 7) is 4.35. The van der Waals surface area contributed by atoms with Crippen LogP contribution < -0.4 is 16.4 Å². The van der Waals surface area contributed by atoms with E-state index in [4.69, 9.17) is 10.8 Å². The Labute approximate surface area is 143 Å². The van der Waals surface area contributed by atoms with Crippen molar-refractivity contribution in [3.63, 3.8) is 0 Å². The fourth-order valence-corrected chi connectivity index (χ4v) is 2.25. The minimum atomic E-state index is -1.15. The number of nitrogens with one attached hydrogen (secondary N) is 2. The lowest BCUT2D eigenvalue weighted by molar-refractivity contribution is -0.141. The topological polar surface area (TPSA) is 122 Å². The third-order valence-corrected chi connectivity index (χ3v) is 4.08. The van der Waals surface area contributed by atoms with Crippen molar-refractivity contribution >= 4 is 30.4 Å². The minimum absolute atomic E-state index is 0.0126. The number of amides is 2. The van der Waals surface area contributed by atoms with Gasteiger partial charge in [-0.05, 0) is 25.3 Å². The molecule has 0 rings (SSSR count). The summed E-state index contributed by atoms with van der Waals surface area (Å²) in [6, 6.07) is -1.82. The number of nitrogens with two attached hydrogens (primary N) is 1. The predicted molar refractivity (Wildman–Crippen MR) is 92.3 cm³/mol. The van der Waals surface area contributed by atoms with Gasteiger partial charge in [0.15, 0.2) is 0 Å². The first-order valence-corrected chi connectivity index (χ1v) is 8.64. The van der Waals surface area contributed by atoms with E-state index in [0.29, 0.717) is 25.8 Å². The van der Waals surface area contributed by atoms with E-state index in [1.54, 1.807) is 0 Å². The van der Waals surface area contributed by atoms with E-state index in [-0.39, 0.29) is 17.6 Å². The van der Waals surface area contributed by atoms with Crippen LogP contribution in [0.5, 0.6) is 0 Å². The Morgan fingerprint density at radius 2 is 1.83 bits per heavy atom. The van der Waals surface area contributed by atoms with Crippen molar-refractivity contribution in [1.29, 1.82) is 0 Å². The highest BCUT2D eigenvalue weighted by atomic mass is 32.1. The number of aliphatic carboxylic acids is 1. The summed E-state index contributed by atoms with van der Waals surface area (Å²) in [5, 5.41) is 14.1. The van der Waals surface area contributed by atoms with E-state index in [2.05, 4.69) is 23.3 Å². The van der Waals surface area contributed by atoms with Crippen molar-refractivity contribution in [3.05, 3.63) is 0 Å².